The van der Waals surface area contributed by atoms with Crippen LogP contribution in [0.2, 0.25) is 0 Å². The fraction of sp³-hybridized carbons (Fsp3) is 0.455. The van der Waals surface area contributed by atoms with E-state index >= 15 is 0 Å². The van der Waals surface area contributed by atoms with Crippen LogP contribution in [-0.4, -0.2) is 0 Å². The van der Waals surface area contributed by atoms with E-state index in [9.17, 15) is 0 Å². The SMILES string of the molecule is C=CCC(C=C)C(C)(C)C=C. The third-order valence-electron chi connectivity index (χ3n) is 2.19. The van der Waals surface area contributed by atoms with E-state index in [2.05, 4.69) is 33.6 Å². The quantitative estimate of drug-likeness (QED) is 0.525. The van der Waals surface area contributed by atoms with Crippen molar-refractivity contribution in [2.24, 2.45) is 11.3 Å². The molecule has 0 aromatic heterocycles. The van der Waals surface area contributed by atoms with Gasteiger partial charge in [-0.15, -0.1) is 19.7 Å². The predicted octanol–water partition coefficient (Wildman–Crippen LogP) is 3.58. The highest BCUT2D eigenvalue weighted by Crippen LogP contribution is 2.31. The standard InChI is InChI=1S/C11H18/c1-6-9-10(7-2)11(4,5)8-3/h6-8,10H,1-3,9H2,4-5H3. The summed E-state index contributed by atoms with van der Waals surface area (Å²) in [5, 5.41) is 0. The third kappa shape index (κ3) is 2.75. The molecule has 0 heteroatoms. The largest absolute Gasteiger partial charge is 0.103 e. The highest BCUT2D eigenvalue weighted by molar-refractivity contribution is 5.01. The van der Waals surface area contributed by atoms with Gasteiger partial charge in [0.25, 0.3) is 0 Å². The van der Waals surface area contributed by atoms with E-state index in [1.807, 2.05) is 18.2 Å². The van der Waals surface area contributed by atoms with E-state index in [0.29, 0.717) is 5.92 Å². The molecule has 0 aliphatic rings. The maximum atomic E-state index is 3.80. The van der Waals surface area contributed by atoms with Crippen LogP contribution in [0.4, 0.5) is 0 Å². The van der Waals surface area contributed by atoms with E-state index in [1.54, 1.807) is 0 Å². The Morgan fingerprint density at radius 3 is 2.09 bits per heavy atom. The van der Waals surface area contributed by atoms with Gasteiger partial charge in [-0.3, -0.25) is 0 Å². The van der Waals surface area contributed by atoms with Gasteiger partial charge < -0.3 is 0 Å². The Bertz CT molecular complexity index is 151. The number of hydrogen-bond donors (Lipinski definition) is 0. The molecule has 0 saturated carbocycles. The molecule has 0 bridgehead atoms. The highest BCUT2D eigenvalue weighted by atomic mass is 14.3. The Balaban J connectivity index is 4.33. The molecule has 0 aliphatic heterocycles. The summed E-state index contributed by atoms with van der Waals surface area (Å²) in [7, 11) is 0. The summed E-state index contributed by atoms with van der Waals surface area (Å²) in [6.45, 7) is 15.6. The Labute approximate surface area is 70.3 Å². The van der Waals surface area contributed by atoms with Crippen molar-refractivity contribution in [3.05, 3.63) is 38.0 Å². The fourth-order valence-corrected chi connectivity index (χ4v) is 1.03. The van der Waals surface area contributed by atoms with Gasteiger partial charge in [0.1, 0.15) is 0 Å². The summed E-state index contributed by atoms with van der Waals surface area (Å²) in [5.41, 5.74) is 0.135. The topological polar surface area (TPSA) is 0 Å². The number of hydrogen-bond acceptors (Lipinski definition) is 0. The van der Waals surface area contributed by atoms with Crippen LogP contribution < -0.4 is 0 Å². The number of allylic oxidation sites excluding steroid dienone is 3. The van der Waals surface area contributed by atoms with Crippen LogP contribution in [0.5, 0.6) is 0 Å². The second-order valence-electron chi connectivity index (χ2n) is 3.39. The minimum absolute atomic E-state index is 0.135. The summed E-state index contributed by atoms with van der Waals surface area (Å²) in [4.78, 5) is 0. The number of rotatable bonds is 5. The lowest BCUT2D eigenvalue weighted by Crippen LogP contribution is -2.18. The molecule has 0 radical (unpaired) electrons. The fourth-order valence-electron chi connectivity index (χ4n) is 1.03. The zero-order valence-electron chi connectivity index (χ0n) is 7.64. The van der Waals surface area contributed by atoms with E-state index in [0.717, 1.165) is 6.42 Å². The molecule has 0 rings (SSSR count). The first-order chi connectivity index (χ1) is 5.08. The second-order valence-corrected chi connectivity index (χ2v) is 3.39. The average Bonchev–Trinajstić information content (AvgIpc) is 2.00. The maximum Gasteiger partial charge on any atom is -0.0112 e. The molecule has 0 aromatic rings. The molecular weight excluding hydrogens is 132 g/mol. The third-order valence-corrected chi connectivity index (χ3v) is 2.19. The molecule has 0 fully saturated rings. The van der Waals surface area contributed by atoms with Crippen LogP contribution in [0.3, 0.4) is 0 Å². The van der Waals surface area contributed by atoms with Crippen molar-refractivity contribution in [1.82, 2.24) is 0 Å². The molecule has 0 heterocycles. The summed E-state index contributed by atoms with van der Waals surface area (Å²) in [6, 6.07) is 0. The van der Waals surface area contributed by atoms with Crippen molar-refractivity contribution in [3.8, 4) is 0 Å². The Morgan fingerprint density at radius 2 is 1.82 bits per heavy atom. The normalized spacial score (nSPS) is 13.6. The van der Waals surface area contributed by atoms with E-state index in [4.69, 9.17) is 0 Å². The zero-order chi connectivity index (χ0) is 8.91. The van der Waals surface area contributed by atoms with Crippen LogP contribution in [0.25, 0.3) is 0 Å². The van der Waals surface area contributed by atoms with Gasteiger partial charge >= 0.3 is 0 Å². The van der Waals surface area contributed by atoms with E-state index < -0.39 is 0 Å². The predicted molar refractivity (Wildman–Crippen MR) is 52.5 cm³/mol. The van der Waals surface area contributed by atoms with Crippen molar-refractivity contribution < 1.29 is 0 Å². The lowest BCUT2D eigenvalue weighted by atomic mass is 9.77. The van der Waals surface area contributed by atoms with Crippen molar-refractivity contribution in [3.63, 3.8) is 0 Å². The zero-order valence-corrected chi connectivity index (χ0v) is 7.64. The van der Waals surface area contributed by atoms with Crippen molar-refractivity contribution in [2.45, 2.75) is 20.3 Å². The lowest BCUT2D eigenvalue weighted by molar-refractivity contribution is 0.347. The van der Waals surface area contributed by atoms with E-state index in [-0.39, 0.29) is 5.41 Å². The van der Waals surface area contributed by atoms with Crippen LogP contribution in [0.15, 0.2) is 38.0 Å². The monoisotopic (exact) mass is 150 g/mol. The Hall–Kier alpha value is -0.780. The van der Waals surface area contributed by atoms with Gasteiger partial charge in [-0.2, -0.15) is 0 Å². The molecule has 0 nitrogen and oxygen atoms in total. The first-order valence-electron chi connectivity index (χ1n) is 3.95. The minimum atomic E-state index is 0.135. The Morgan fingerprint density at radius 1 is 1.27 bits per heavy atom. The molecule has 0 aliphatic carbocycles. The first kappa shape index (κ1) is 10.2. The molecular formula is C11H18. The van der Waals surface area contributed by atoms with Gasteiger partial charge in [-0.25, -0.2) is 0 Å². The van der Waals surface area contributed by atoms with Gasteiger partial charge in [-0.05, 0) is 17.8 Å². The average molecular weight is 150 g/mol. The molecule has 62 valence electrons. The van der Waals surface area contributed by atoms with Crippen LogP contribution >= 0.6 is 0 Å². The van der Waals surface area contributed by atoms with Crippen LogP contribution in [0, 0.1) is 11.3 Å². The molecule has 0 N–H and O–H groups in total. The maximum absolute atomic E-state index is 3.80. The Kier molecular flexibility index (Phi) is 3.88. The van der Waals surface area contributed by atoms with Crippen molar-refractivity contribution >= 4 is 0 Å². The summed E-state index contributed by atoms with van der Waals surface area (Å²) in [5.74, 6) is 0.456. The second kappa shape index (κ2) is 4.17. The smallest absolute Gasteiger partial charge is 0.0112 e. The van der Waals surface area contributed by atoms with Gasteiger partial charge in [0.05, 0.1) is 0 Å². The lowest BCUT2D eigenvalue weighted by Gasteiger charge is -2.27. The first-order valence-corrected chi connectivity index (χ1v) is 3.95. The molecule has 0 aromatic carbocycles. The summed E-state index contributed by atoms with van der Waals surface area (Å²) in [6.07, 6.45) is 6.85. The van der Waals surface area contributed by atoms with Gasteiger partial charge in [0, 0.05) is 0 Å². The van der Waals surface area contributed by atoms with Gasteiger partial charge in [-0.1, -0.05) is 32.1 Å². The van der Waals surface area contributed by atoms with Crippen molar-refractivity contribution in [2.75, 3.05) is 0 Å². The molecule has 11 heavy (non-hydrogen) atoms. The summed E-state index contributed by atoms with van der Waals surface area (Å²) >= 11 is 0. The van der Waals surface area contributed by atoms with Gasteiger partial charge in [0.2, 0.25) is 0 Å². The minimum Gasteiger partial charge on any atom is -0.103 e. The van der Waals surface area contributed by atoms with Crippen LogP contribution in [-0.2, 0) is 0 Å². The molecule has 0 saturated heterocycles. The molecule has 1 atom stereocenters. The van der Waals surface area contributed by atoms with E-state index in [1.165, 1.54) is 0 Å². The van der Waals surface area contributed by atoms with Gasteiger partial charge in [0.15, 0.2) is 0 Å². The van der Waals surface area contributed by atoms with Crippen LogP contribution in [0.1, 0.15) is 20.3 Å². The van der Waals surface area contributed by atoms with Crippen molar-refractivity contribution in [1.29, 1.82) is 0 Å². The molecule has 0 amide bonds. The molecule has 1 unspecified atom stereocenters. The molecule has 0 spiro atoms. The highest BCUT2D eigenvalue weighted by Gasteiger charge is 2.21. The summed E-state index contributed by atoms with van der Waals surface area (Å²) < 4.78 is 0.